The van der Waals surface area contributed by atoms with Crippen LogP contribution >= 0.6 is 0 Å². The number of fused-ring (bicyclic) bond motifs is 2. The molecule has 0 aromatic heterocycles. The van der Waals surface area contributed by atoms with E-state index in [4.69, 9.17) is 7.85 Å². The van der Waals surface area contributed by atoms with E-state index >= 15 is 0 Å². The van der Waals surface area contributed by atoms with Crippen molar-refractivity contribution in [1.29, 1.82) is 0 Å². The molecule has 3 fully saturated rings. The average Bonchev–Trinajstić information content (AvgIpc) is 2.41. The van der Waals surface area contributed by atoms with E-state index < -0.39 is 0 Å². The van der Waals surface area contributed by atoms with Crippen LogP contribution in [-0.2, 0) is 0 Å². The van der Waals surface area contributed by atoms with Crippen molar-refractivity contribution >= 4 is 7.85 Å². The smallest absolute Gasteiger partial charge is 0.0699 e. The van der Waals surface area contributed by atoms with E-state index in [2.05, 4.69) is 20.8 Å². The Hall–Kier alpha value is 0.0649. The molecule has 124 valence electrons. The predicted molar refractivity (Wildman–Crippen MR) is 97.3 cm³/mol. The monoisotopic (exact) mass is 300 g/mol. The van der Waals surface area contributed by atoms with Gasteiger partial charge in [0.15, 0.2) is 0 Å². The van der Waals surface area contributed by atoms with E-state index in [1.807, 2.05) is 0 Å². The third kappa shape index (κ3) is 3.03. The highest BCUT2D eigenvalue weighted by Gasteiger charge is 2.54. The van der Waals surface area contributed by atoms with Gasteiger partial charge in [0, 0.05) is 0 Å². The van der Waals surface area contributed by atoms with Crippen LogP contribution in [0, 0.1) is 22.2 Å². The highest BCUT2D eigenvalue weighted by atomic mass is 14.6. The molecule has 22 heavy (non-hydrogen) atoms. The van der Waals surface area contributed by atoms with Gasteiger partial charge in [0.1, 0.15) is 0 Å². The van der Waals surface area contributed by atoms with Crippen LogP contribution in [0.5, 0.6) is 0 Å². The summed E-state index contributed by atoms with van der Waals surface area (Å²) in [6.45, 7) is 7.56. The summed E-state index contributed by atoms with van der Waals surface area (Å²) in [7, 11) is 6.20. The first-order valence-corrected chi connectivity index (χ1v) is 10.1. The molecule has 3 aliphatic carbocycles. The second-order valence-electron chi connectivity index (χ2n) is 10.1. The molecule has 0 aromatic carbocycles. The molecule has 0 saturated heterocycles. The van der Waals surface area contributed by atoms with Crippen molar-refractivity contribution in [2.24, 2.45) is 22.2 Å². The molecule has 0 atom stereocenters. The largest absolute Gasteiger partial charge is 0.0774 e. The molecule has 0 aliphatic heterocycles. The summed E-state index contributed by atoms with van der Waals surface area (Å²) in [4.78, 5) is 0. The number of hydrogen-bond acceptors (Lipinski definition) is 0. The summed E-state index contributed by atoms with van der Waals surface area (Å²) in [6.07, 6.45) is 18.8. The SMILES string of the molecule is [B]C1CCCC(C23CCCC(C(C)(C)C)(CCC2)C3)CCC1. The van der Waals surface area contributed by atoms with Gasteiger partial charge >= 0.3 is 0 Å². The Morgan fingerprint density at radius 1 is 0.773 bits per heavy atom. The van der Waals surface area contributed by atoms with Crippen LogP contribution in [0.1, 0.15) is 104 Å². The molecule has 0 spiro atoms. The molecule has 0 heterocycles. The summed E-state index contributed by atoms with van der Waals surface area (Å²) in [5.41, 5.74) is 1.83. The topological polar surface area (TPSA) is 0 Å². The Morgan fingerprint density at radius 2 is 1.32 bits per heavy atom. The van der Waals surface area contributed by atoms with Crippen molar-refractivity contribution < 1.29 is 0 Å². The molecular weight excluding hydrogens is 263 g/mol. The zero-order chi connectivity index (χ0) is 15.8. The van der Waals surface area contributed by atoms with Gasteiger partial charge < -0.3 is 0 Å². The van der Waals surface area contributed by atoms with Gasteiger partial charge in [-0.15, -0.1) is 0 Å². The molecule has 3 saturated carbocycles. The van der Waals surface area contributed by atoms with Crippen LogP contribution in [0.15, 0.2) is 0 Å². The van der Waals surface area contributed by atoms with Gasteiger partial charge in [0.25, 0.3) is 0 Å². The molecule has 2 bridgehead atoms. The molecule has 2 radical (unpaired) electrons. The first-order chi connectivity index (χ1) is 10.4. The fourth-order valence-corrected chi connectivity index (χ4v) is 6.56. The van der Waals surface area contributed by atoms with E-state index in [-0.39, 0.29) is 0 Å². The van der Waals surface area contributed by atoms with Gasteiger partial charge in [-0.05, 0) is 67.1 Å². The van der Waals surface area contributed by atoms with Crippen molar-refractivity contribution in [2.45, 2.75) is 110 Å². The quantitative estimate of drug-likeness (QED) is 0.473. The lowest BCUT2D eigenvalue weighted by Crippen LogP contribution is -2.50. The van der Waals surface area contributed by atoms with Gasteiger partial charge in [-0.1, -0.05) is 65.1 Å². The number of hydrogen-bond donors (Lipinski definition) is 0. The zero-order valence-electron chi connectivity index (χ0n) is 15.4. The van der Waals surface area contributed by atoms with Gasteiger partial charge in [0.2, 0.25) is 0 Å². The summed E-state index contributed by atoms with van der Waals surface area (Å²) in [5.74, 6) is 1.49. The summed E-state index contributed by atoms with van der Waals surface area (Å²) < 4.78 is 0. The molecule has 0 aromatic rings. The fraction of sp³-hybridized carbons (Fsp3) is 1.00. The molecule has 0 N–H and O–H groups in total. The summed E-state index contributed by atoms with van der Waals surface area (Å²) in [5, 5.41) is 0. The van der Waals surface area contributed by atoms with Crippen molar-refractivity contribution in [1.82, 2.24) is 0 Å². The molecule has 0 unspecified atom stereocenters. The minimum absolute atomic E-state index is 0.489. The van der Waals surface area contributed by atoms with Crippen LogP contribution in [-0.4, -0.2) is 7.85 Å². The normalized spacial score (nSPS) is 44.1. The Bertz CT molecular complexity index is 358. The third-order valence-electron chi connectivity index (χ3n) is 8.06. The van der Waals surface area contributed by atoms with Crippen molar-refractivity contribution in [3.8, 4) is 0 Å². The molecule has 0 nitrogen and oxygen atoms in total. The van der Waals surface area contributed by atoms with Crippen LogP contribution < -0.4 is 0 Å². The second-order valence-corrected chi connectivity index (χ2v) is 10.1. The Kier molecular flexibility index (Phi) is 4.74. The van der Waals surface area contributed by atoms with Crippen LogP contribution in [0.3, 0.4) is 0 Å². The van der Waals surface area contributed by atoms with Gasteiger partial charge in [-0.25, -0.2) is 0 Å². The van der Waals surface area contributed by atoms with Gasteiger partial charge in [0.05, 0.1) is 7.85 Å². The summed E-state index contributed by atoms with van der Waals surface area (Å²) >= 11 is 0. The van der Waals surface area contributed by atoms with Gasteiger partial charge in [-0.2, -0.15) is 0 Å². The van der Waals surface area contributed by atoms with E-state index in [1.165, 1.54) is 77.0 Å². The zero-order valence-corrected chi connectivity index (χ0v) is 15.4. The Balaban J connectivity index is 1.79. The van der Waals surface area contributed by atoms with Crippen LogP contribution in [0.25, 0.3) is 0 Å². The van der Waals surface area contributed by atoms with E-state index in [1.54, 1.807) is 6.42 Å². The molecule has 3 rings (SSSR count). The van der Waals surface area contributed by atoms with Crippen molar-refractivity contribution in [3.63, 3.8) is 0 Å². The average molecular weight is 300 g/mol. The minimum atomic E-state index is 0.489. The maximum atomic E-state index is 6.20. The molecule has 3 aliphatic rings. The van der Waals surface area contributed by atoms with Gasteiger partial charge in [-0.3, -0.25) is 0 Å². The van der Waals surface area contributed by atoms with E-state index in [9.17, 15) is 0 Å². The second kappa shape index (κ2) is 6.17. The molecule has 1 heteroatoms. The van der Waals surface area contributed by atoms with Crippen molar-refractivity contribution in [3.05, 3.63) is 0 Å². The number of rotatable bonds is 1. The third-order valence-corrected chi connectivity index (χ3v) is 8.06. The first kappa shape index (κ1) is 16.9. The molecule has 0 amide bonds. The van der Waals surface area contributed by atoms with E-state index in [0.717, 1.165) is 5.92 Å². The minimum Gasteiger partial charge on any atom is -0.0774 e. The lowest BCUT2D eigenvalue weighted by molar-refractivity contribution is -0.100. The van der Waals surface area contributed by atoms with Crippen LogP contribution in [0.2, 0.25) is 5.82 Å². The molecular formula is C21H37B. The lowest BCUT2D eigenvalue weighted by Gasteiger charge is -2.60. The first-order valence-electron chi connectivity index (χ1n) is 10.1. The standard InChI is InChI=1S/C21H37B/c1-19(2,3)21-14-6-12-20(16-21,13-7-15-21)17-8-4-10-18(22)11-5-9-17/h17-18H,4-16H2,1-3H3. The predicted octanol–water partition coefficient (Wildman–Crippen LogP) is 6.69. The highest BCUT2D eigenvalue weighted by molar-refractivity contribution is 6.11. The van der Waals surface area contributed by atoms with Crippen LogP contribution in [0.4, 0.5) is 0 Å². The maximum absolute atomic E-state index is 6.20. The van der Waals surface area contributed by atoms with E-state index in [0.29, 0.717) is 22.1 Å². The summed E-state index contributed by atoms with van der Waals surface area (Å²) in [6, 6.07) is 0. The lowest BCUT2D eigenvalue weighted by atomic mass is 9.44. The Morgan fingerprint density at radius 3 is 1.82 bits per heavy atom. The van der Waals surface area contributed by atoms with Crippen molar-refractivity contribution in [2.75, 3.05) is 0 Å². The maximum Gasteiger partial charge on any atom is 0.0699 e. The Labute approximate surface area is 140 Å². The fourth-order valence-electron chi connectivity index (χ4n) is 6.56. The highest BCUT2D eigenvalue weighted by Crippen LogP contribution is 2.65.